The van der Waals surface area contributed by atoms with Crippen LogP contribution in [0.3, 0.4) is 0 Å². The number of esters is 1. The molecule has 1 saturated heterocycles. The highest BCUT2D eigenvalue weighted by atomic mass is 32.2. The smallest absolute Gasteiger partial charge is 0.310 e. The van der Waals surface area contributed by atoms with Crippen LogP contribution in [-0.4, -0.2) is 51.8 Å². The van der Waals surface area contributed by atoms with Crippen molar-refractivity contribution in [3.8, 4) is 0 Å². The molecule has 0 bridgehead atoms. The zero-order chi connectivity index (χ0) is 25.8. The van der Waals surface area contributed by atoms with E-state index < -0.39 is 0 Å². The average Bonchev–Trinajstić information content (AvgIpc) is 2.83. The van der Waals surface area contributed by atoms with Crippen molar-refractivity contribution in [1.82, 2.24) is 14.5 Å². The van der Waals surface area contributed by atoms with Crippen molar-refractivity contribution in [2.45, 2.75) is 64.5 Å². The van der Waals surface area contributed by atoms with Crippen molar-refractivity contribution >= 4 is 23.6 Å². The van der Waals surface area contributed by atoms with E-state index in [1.54, 1.807) is 18.9 Å². The van der Waals surface area contributed by atoms with E-state index >= 15 is 0 Å². The lowest BCUT2D eigenvalue weighted by atomic mass is 9.86. The second-order valence-electron chi connectivity index (χ2n) is 10.2. The molecule has 1 atom stereocenters. The number of carbonyl (C=O) groups excluding carboxylic acids is 2. The monoisotopic (exact) mass is 499 g/mol. The zero-order valence-electron chi connectivity index (χ0n) is 21.7. The molecule has 1 amide bonds. The molecule has 8 heteroatoms. The fraction of sp³-hybridized carbons (Fsp3) is 0.556. The van der Waals surface area contributed by atoms with Crippen LogP contribution >= 0.6 is 11.8 Å². The Morgan fingerprint density at radius 3 is 2.51 bits per heavy atom. The van der Waals surface area contributed by atoms with Crippen LogP contribution in [0.25, 0.3) is 0 Å². The van der Waals surface area contributed by atoms with Gasteiger partial charge in [0, 0.05) is 37.8 Å². The Hall–Kier alpha value is -2.61. The molecule has 2 heterocycles. The molecular weight excluding hydrogens is 462 g/mol. The van der Waals surface area contributed by atoms with E-state index in [9.17, 15) is 14.4 Å². The minimum Gasteiger partial charge on any atom is -0.466 e. The minimum absolute atomic E-state index is 0.0566. The molecule has 1 aliphatic rings. The summed E-state index contributed by atoms with van der Waals surface area (Å²) in [5, 5.41) is 0.520. The predicted octanol–water partition coefficient (Wildman–Crippen LogP) is 3.87. The lowest BCUT2D eigenvalue weighted by Gasteiger charge is -2.31. The van der Waals surface area contributed by atoms with Crippen LogP contribution in [0, 0.1) is 12.8 Å². The maximum Gasteiger partial charge on any atom is 0.310 e. The van der Waals surface area contributed by atoms with Gasteiger partial charge < -0.3 is 9.64 Å². The second-order valence-corrected chi connectivity index (χ2v) is 11.1. The molecule has 1 unspecified atom stereocenters. The van der Waals surface area contributed by atoms with Crippen LogP contribution in [0.1, 0.15) is 62.9 Å². The van der Waals surface area contributed by atoms with E-state index in [1.165, 1.54) is 21.9 Å². The number of hydrogen-bond donors (Lipinski definition) is 0. The molecule has 1 fully saturated rings. The third kappa shape index (κ3) is 6.75. The highest BCUT2D eigenvalue weighted by Gasteiger charge is 2.29. The minimum atomic E-state index is -0.265. The summed E-state index contributed by atoms with van der Waals surface area (Å²) in [7, 11) is 1.70. The van der Waals surface area contributed by atoms with Gasteiger partial charge in [0.25, 0.3) is 5.56 Å². The van der Waals surface area contributed by atoms with Crippen LogP contribution in [0.2, 0.25) is 0 Å². The normalized spacial score (nSPS) is 16.3. The van der Waals surface area contributed by atoms with Gasteiger partial charge in [-0.1, -0.05) is 56.8 Å². The molecule has 0 radical (unpaired) electrons. The maximum absolute atomic E-state index is 13.1. The van der Waals surface area contributed by atoms with Gasteiger partial charge in [0.05, 0.1) is 18.3 Å². The number of ether oxygens (including phenoxy) is 1. The number of aryl methyl sites for hydroxylation is 1. The molecule has 1 aliphatic heterocycles. The van der Waals surface area contributed by atoms with Gasteiger partial charge in [0.1, 0.15) is 0 Å². The first-order valence-corrected chi connectivity index (χ1v) is 13.2. The first-order valence-electron chi connectivity index (χ1n) is 12.2. The molecule has 190 valence electrons. The van der Waals surface area contributed by atoms with Crippen LogP contribution in [0.4, 0.5) is 0 Å². The number of carbonyl (C=O) groups is 2. The fourth-order valence-electron chi connectivity index (χ4n) is 4.26. The third-order valence-corrected chi connectivity index (χ3v) is 7.48. The number of likely N-dealkylation sites (tertiary alicyclic amines) is 1. The Morgan fingerprint density at radius 2 is 1.89 bits per heavy atom. The van der Waals surface area contributed by atoms with Crippen molar-refractivity contribution in [3.63, 3.8) is 0 Å². The Bertz CT molecular complexity index is 1120. The summed E-state index contributed by atoms with van der Waals surface area (Å²) in [6, 6.07) is 8.38. The Kier molecular flexibility index (Phi) is 8.80. The second kappa shape index (κ2) is 11.4. The topological polar surface area (TPSA) is 81.5 Å². The van der Waals surface area contributed by atoms with Crippen molar-refractivity contribution < 1.29 is 14.3 Å². The Labute approximate surface area is 212 Å². The molecule has 0 N–H and O–H groups in total. The summed E-state index contributed by atoms with van der Waals surface area (Å²) in [5.74, 6) is -0.387. The molecular formula is C27H37N3O4S. The highest BCUT2D eigenvalue weighted by Crippen LogP contribution is 2.24. The van der Waals surface area contributed by atoms with E-state index in [4.69, 9.17) is 4.74 Å². The molecule has 3 rings (SSSR count). The summed E-state index contributed by atoms with van der Waals surface area (Å²) in [5.41, 5.74) is 3.66. The molecule has 2 aromatic rings. The lowest BCUT2D eigenvalue weighted by molar-refractivity contribution is -0.151. The summed E-state index contributed by atoms with van der Waals surface area (Å²) < 4.78 is 6.65. The fourth-order valence-corrected chi connectivity index (χ4v) is 5.18. The van der Waals surface area contributed by atoms with Crippen LogP contribution < -0.4 is 5.56 Å². The number of nitrogens with zero attached hydrogens (tertiary/aromatic N) is 3. The van der Waals surface area contributed by atoms with E-state index in [-0.39, 0.29) is 34.5 Å². The van der Waals surface area contributed by atoms with Crippen molar-refractivity contribution in [2.24, 2.45) is 13.0 Å². The first kappa shape index (κ1) is 27.0. The molecule has 1 aromatic heterocycles. The summed E-state index contributed by atoms with van der Waals surface area (Å²) in [6.07, 6.45) is 2.04. The number of aromatic nitrogens is 2. The number of hydrogen-bond acceptors (Lipinski definition) is 6. The maximum atomic E-state index is 13.1. The van der Waals surface area contributed by atoms with Crippen molar-refractivity contribution in [1.29, 1.82) is 0 Å². The van der Waals surface area contributed by atoms with Gasteiger partial charge >= 0.3 is 5.97 Å². The van der Waals surface area contributed by atoms with Gasteiger partial charge in [-0.3, -0.25) is 19.0 Å². The van der Waals surface area contributed by atoms with E-state index in [2.05, 4.69) is 50.0 Å². The Balaban J connectivity index is 1.67. The number of thioether (sulfide) groups is 1. The number of rotatable bonds is 7. The highest BCUT2D eigenvalue weighted by molar-refractivity contribution is 7.99. The molecule has 0 aliphatic carbocycles. The lowest BCUT2D eigenvalue weighted by Crippen LogP contribution is -2.43. The van der Waals surface area contributed by atoms with E-state index in [0.717, 1.165) is 18.4 Å². The quantitative estimate of drug-likeness (QED) is 0.327. The van der Waals surface area contributed by atoms with Crippen molar-refractivity contribution in [2.75, 3.05) is 25.4 Å². The molecule has 0 spiro atoms. The number of piperidine rings is 1. The molecule has 1 aromatic carbocycles. The SMILES string of the molecule is CCOC(=O)C1CCCN(C(=O)CSc2nc(C)c(Cc3ccc(C(C)(C)C)cc3)c(=O)n2C)C1. The van der Waals surface area contributed by atoms with Gasteiger partial charge in [0.15, 0.2) is 5.16 Å². The van der Waals surface area contributed by atoms with E-state index in [1.807, 2.05) is 6.92 Å². The summed E-state index contributed by atoms with van der Waals surface area (Å²) in [6.45, 7) is 11.5. The number of amides is 1. The third-order valence-electron chi connectivity index (χ3n) is 6.47. The summed E-state index contributed by atoms with van der Waals surface area (Å²) in [4.78, 5) is 44.4. The molecule has 7 nitrogen and oxygen atoms in total. The molecule has 0 saturated carbocycles. The average molecular weight is 500 g/mol. The molecule has 35 heavy (non-hydrogen) atoms. The van der Waals surface area contributed by atoms with Gasteiger partial charge in [-0.15, -0.1) is 0 Å². The van der Waals surface area contributed by atoms with Crippen molar-refractivity contribution in [3.05, 3.63) is 57.0 Å². The predicted molar refractivity (Wildman–Crippen MR) is 139 cm³/mol. The van der Waals surface area contributed by atoms with Gasteiger partial charge in [0.2, 0.25) is 5.91 Å². The van der Waals surface area contributed by atoms with E-state index in [0.29, 0.717) is 42.5 Å². The van der Waals surface area contributed by atoms with Gasteiger partial charge in [-0.2, -0.15) is 0 Å². The largest absolute Gasteiger partial charge is 0.466 e. The van der Waals surface area contributed by atoms with Gasteiger partial charge in [-0.25, -0.2) is 4.98 Å². The van der Waals surface area contributed by atoms with Crippen LogP contribution in [0.5, 0.6) is 0 Å². The van der Waals surface area contributed by atoms with Gasteiger partial charge in [-0.05, 0) is 43.2 Å². The summed E-state index contributed by atoms with van der Waals surface area (Å²) >= 11 is 1.26. The zero-order valence-corrected chi connectivity index (χ0v) is 22.5. The Morgan fingerprint density at radius 1 is 1.20 bits per heavy atom. The first-order chi connectivity index (χ1) is 16.5. The van der Waals surface area contributed by atoms with Crippen LogP contribution in [0.15, 0.2) is 34.2 Å². The number of benzene rings is 1. The standard InChI is InChI=1S/C27H37N3O4S/c1-7-34-25(33)20-9-8-14-30(16-20)23(31)17-35-26-28-18(2)22(24(32)29(26)6)15-19-10-12-21(13-11-19)27(3,4)5/h10-13,20H,7-9,14-17H2,1-6H3. The van der Waals surface area contributed by atoms with Crippen LogP contribution in [-0.2, 0) is 33.2 Å².